The molecule has 0 unspecified atom stereocenters. The summed E-state index contributed by atoms with van der Waals surface area (Å²) in [6.07, 6.45) is 0.135. The van der Waals surface area contributed by atoms with E-state index in [0.717, 1.165) is 22.9 Å². The summed E-state index contributed by atoms with van der Waals surface area (Å²) in [7, 11) is 1.52. The fourth-order valence-corrected chi connectivity index (χ4v) is 4.28. The zero-order valence-electron chi connectivity index (χ0n) is 16.3. The molecule has 0 bridgehead atoms. The molecule has 30 heavy (non-hydrogen) atoms. The molecule has 2 amide bonds. The van der Waals surface area contributed by atoms with Crippen molar-refractivity contribution < 1.29 is 14.3 Å². The number of nitrogens with zero attached hydrogens (tertiary/aromatic N) is 1. The SMILES string of the molecule is COc1ccc([C@H]2CC(=O)NC(SCC(=O)NCc3ccccc3)=C2C#N)cc1Cl. The van der Waals surface area contributed by atoms with E-state index in [0.29, 0.717) is 27.9 Å². The van der Waals surface area contributed by atoms with Crippen molar-refractivity contribution in [1.82, 2.24) is 10.6 Å². The van der Waals surface area contributed by atoms with Crippen LogP contribution in [0.1, 0.15) is 23.5 Å². The van der Waals surface area contributed by atoms with E-state index < -0.39 is 5.92 Å². The van der Waals surface area contributed by atoms with Crippen molar-refractivity contribution in [3.05, 3.63) is 75.3 Å². The molecule has 2 aromatic rings. The number of allylic oxidation sites excluding steroid dienone is 1. The third-order valence-corrected chi connectivity index (χ3v) is 5.93. The van der Waals surface area contributed by atoms with Crippen molar-refractivity contribution in [2.45, 2.75) is 18.9 Å². The van der Waals surface area contributed by atoms with Gasteiger partial charge in [0.2, 0.25) is 11.8 Å². The smallest absolute Gasteiger partial charge is 0.230 e. The largest absolute Gasteiger partial charge is 0.495 e. The second-order valence-corrected chi connectivity index (χ2v) is 8.00. The van der Waals surface area contributed by atoms with Gasteiger partial charge in [-0.1, -0.05) is 59.8 Å². The molecule has 2 N–H and O–H groups in total. The average Bonchev–Trinajstić information content (AvgIpc) is 2.76. The summed E-state index contributed by atoms with van der Waals surface area (Å²) in [6.45, 7) is 0.420. The van der Waals surface area contributed by atoms with Gasteiger partial charge in [0.05, 0.1) is 34.6 Å². The molecule has 0 fully saturated rings. The maximum Gasteiger partial charge on any atom is 0.230 e. The third-order valence-electron chi connectivity index (χ3n) is 4.61. The number of benzene rings is 2. The lowest BCUT2D eigenvalue weighted by atomic mass is 9.87. The summed E-state index contributed by atoms with van der Waals surface area (Å²) in [5, 5.41) is 16.1. The quantitative estimate of drug-likeness (QED) is 0.683. The Morgan fingerprint density at radius 3 is 2.77 bits per heavy atom. The summed E-state index contributed by atoms with van der Waals surface area (Å²) in [6, 6.07) is 17.0. The molecule has 0 radical (unpaired) electrons. The zero-order valence-corrected chi connectivity index (χ0v) is 17.8. The van der Waals surface area contributed by atoms with Gasteiger partial charge in [0.1, 0.15) is 5.75 Å². The zero-order chi connectivity index (χ0) is 21.5. The topological polar surface area (TPSA) is 91.2 Å². The van der Waals surface area contributed by atoms with Crippen LogP contribution >= 0.6 is 23.4 Å². The van der Waals surface area contributed by atoms with Gasteiger partial charge in [-0.25, -0.2) is 0 Å². The van der Waals surface area contributed by atoms with Crippen LogP contribution in [0.15, 0.2) is 59.1 Å². The number of methoxy groups -OCH3 is 1. The van der Waals surface area contributed by atoms with Gasteiger partial charge in [0.25, 0.3) is 0 Å². The first-order chi connectivity index (χ1) is 14.5. The van der Waals surface area contributed by atoms with E-state index in [2.05, 4.69) is 16.7 Å². The number of hydrogen-bond acceptors (Lipinski definition) is 5. The second-order valence-electron chi connectivity index (χ2n) is 6.60. The van der Waals surface area contributed by atoms with E-state index in [-0.39, 0.29) is 24.0 Å². The molecule has 1 heterocycles. The molecule has 3 rings (SSSR count). The maximum atomic E-state index is 12.3. The van der Waals surface area contributed by atoms with Crippen molar-refractivity contribution in [3.63, 3.8) is 0 Å². The molecular weight excluding hydrogens is 422 g/mol. The van der Waals surface area contributed by atoms with Crippen LogP contribution in [0.5, 0.6) is 5.75 Å². The number of carbonyl (C=O) groups excluding carboxylic acids is 2. The molecule has 0 aliphatic carbocycles. The van der Waals surface area contributed by atoms with Crippen LogP contribution in [0.2, 0.25) is 5.02 Å². The number of ether oxygens (including phenoxy) is 1. The molecule has 0 spiro atoms. The molecule has 1 aliphatic rings. The predicted octanol–water partition coefficient (Wildman–Crippen LogP) is 3.74. The van der Waals surface area contributed by atoms with Gasteiger partial charge < -0.3 is 15.4 Å². The van der Waals surface area contributed by atoms with Gasteiger partial charge in [0.15, 0.2) is 0 Å². The van der Waals surface area contributed by atoms with Gasteiger partial charge in [-0.05, 0) is 23.3 Å². The number of amides is 2. The van der Waals surface area contributed by atoms with E-state index in [1.165, 1.54) is 7.11 Å². The van der Waals surface area contributed by atoms with Gasteiger partial charge in [-0.15, -0.1) is 0 Å². The van der Waals surface area contributed by atoms with Crippen molar-refractivity contribution in [3.8, 4) is 11.8 Å². The monoisotopic (exact) mass is 441 g/mol. The summed E-state index contributed by atoms with van der Waals surface area (Å²) in [5.41, 5.74) is 2.16. The molecule has 0 saturated carbocycles. The van der Waals surface area contributed by atoms with Crippen LogP contribution in [0.25, 0.3) is 0 Å². The Hall–Kier alpha value is -2.95. The molecule has 154 valence electrons. The van der Waals surface area contributed by atoms with E-state index in [9.17, 15) is 14.9 Å². The lowest BCUT2D eigenvalue weighted by molar-refractivity contribution is -0.121. The number of rotatable bonds is 7. The Balaban J connectivity index is 1.72. The van der Waals surface area contributed by atoms with Crippen LogP contribution in [0.3, 0.4) is 0 Å². The predicted molar refractivity (Wildman–Crippen MR) is 117 cm³/mol. The molecule has 6 nitrogen and oxygen atoms in total. The van der Waals surface area contributed by atoms with Crippen LogP contribution in [0, 0.1) is 11.3 Å². The summed E-state index contributed by atoms with van der Waals surface area (Å²) in [4.78, 5) is 24.5. The van der Waals surface area contributed by atoms with Gasteiger partial charge in [-0.3, -0.25) is 9.59 Å². The Morgan fingerprint density at radius 1 is 1.33 bits per heavy atom. The summed E-state index contributed by atoms with van der Waals surface area (Å²) in [5.74, 6) is -0.213. The molecule has 1 aliphatic heterocycles. The number of halogens is 1. The standard InChI is InChI=1S/C22H20ClN3O3S/c1-29-19-8-7-15(9-18(19)23)16-10-20(27)26-22(17(16)11-24)30-13-21(28)25-12-14-5-3-2-4-6-14/h2-9,16H,10,12-13H2,1H3,(H,25,28)(H,26,27)/t16-/m1/s1. The van der Waals surface area contributed by atoms with E-state index in [4.69, 9.17) is 16.3 Å². The minimum absolute atomic E-state index is 0.0870. The highest BCUT2D eigenvalue weighted by Crippen LogP contribution is 2.38. The highest BCUT2D eigenvalue weighted by Gasteiger charge is 2.30. The number of hydrogen-bond donors (Lipinski definition) is 2. The Bertz CT molecular complexity index is 1020. The first-order valence-electron chi connectivity index (χ1n) is 9.22. The molecule has 0 saturated heterocycles. The van der Waals surface area contributed by atoms with Crippen molar-refractivity contribution in [2.75, 3.05) is 12.9 Å². The maximum absolute atomic E-state index is 12.3. The minimum Gasteiger partial charge on any atom is -0.495 e. The highest BCUT2D eigenvalue weighted by atomic mass is 35.5. The molecule has 1 atom stereocenters. The molecule has 2 aromatic carbocycles. The van der Waals surface area contributed by atoms with Crippen molar-refractivity contribution >= 4 is 35.2 Å². The fourth-order valence-electron chi connectivity index (χ4n) is 3.10. The molecule has 0 aromatic heterocycles. The number of nitriles is 1. The van der Waals surface area contributed by atoms with Gasteiger partial charge in [0, 0.05) is 18.9 Å². The van der Waals surface area contributed by atoms with Crippen LogP contribution in [-0.2, 0) is 16.1 Å². The molecular formula is C22H20ClN3O3S. The highest BCUT2D eigenvalue weighted by molar-refractivity contribution is 8.03. The Morgan fingerprint density at radius 2 is 2.10 bits per heavy atom. The van der Waals surface area contributed by atoms with Gasteiger partial charge >= 0.3 is 0 Å². The fraction of sp³-hybridized carbons (Fsp3) is 0.227. The van der Waals surface area contributed by atoms with E-state index in [1.807, 2.05) is 30.3 Å². The molecule has 8 heteroatoms. The normalized spacial score (nSPS) is 15.9. The van der Waals surface area contributed by atoms with E-state index >= 15 is 0 Å². The Labute approximate surface area is 184 Å². The van der Waals surface area contributed by atoms with Crippen molar-refractivity contribution in [1.29, 1.82) is 5.26 Å². The second kappa shape index (κ2) is 10.2. The number of carbonyl (C=O) groups is 2. The lowest BCUT2D eigenvalue weighted by Crippen LogP contribution is -2.32. The van der Waals surface area contributed by atoms with Crippen LogP contribution in [-0.4, -0.2) is 24.7 Å². The first kappa shape index (κ1) is 21.8. The van der Waals surface area contributed by atoms with Gasteiger partial charge in [-0.2, -0.15) is 5.26 Å². The lowest BCUT2D eigenvalue weighted by Gasteiger charge is -2.25. The third kappa shape index (κ3) is 5.35. The summed E-state index contributed by atoms with van der Waals surface area (Å²) < 4.78 is 5.17. The number of thioether (sulfide) groups is 1. The van der Waals surface area contributed by atoms with E-state index in [1.54, 1.807) is 18.2 Å². The number of nitrogens with one attached hydrogen (secondary N) is 2. The minimum atomic E-state index is -0.429. The average molecular weight is 442 g/mol. The summed E-state index contributed by atoms with van der Waals surface area (Å²) >= 11 is 7.36. The first-order valence-corrected chi connectivity index (χ1v) is 10.6. The van der Waals surface area contributed by atoms with Crippen LogP contribution < -0.4 is 15.4 Å². The van der Waals surface area contributed by atoms with Crippen LogP contribution in [0.4, 0.5) is 0 Å². The Kier molecular flexibility index (Phi) is 7.39. The van der Waals surface area contributed by atoms with Crippen molar-refractivity contribution in [2.24, 2.45) is 0 Å².